The number of fused-ring (bicyclic) bond motifs is 2. The summed E-state index contributed by atoms with van der Waals surface area (Å²) in [7, 11) is 0. The third-order valence-corrected chi connectivity index (χ3v) is 5.05. The van der Waals surface area contributed by atoms with Gasteiger partial charge in [0.25, 0.3) is 0 Å². The maximum atomic E-state index is 12.7. The summed E-state index contributed by atoms with van der Waals surface area (Å²) in [5.74, 6) is -0.291. The molecule has 2 aromatic carbocycles. The zero-order valence-corrected chi connectivity index (χ0v) is 16.8. The Labute approximate surface area is 168 Å². The van der Waals surface area contributed by atoms with Gasteiger partial charge >= 0.3 is 12.0 Å². The van der Waals surface area contributed by atoms with Gasteiger partial charge in [-0.3, -0.25) is 9.59 Å². The average molecular weight is 395 g/mol. The molecule has 2 amide bonds. The predicted octanol–water partition coefficient (Wildman–Crippen LogP) is 3.78. The van der Waals surface area contributed by atoms with Crippen molar-refractivity contribution in [3.05, 3.63) is 52.7 Å². The number of hydrogen-bond acceptors (Lipinski definition) is 4. The van der Waals surface area contributed by atoms with Gasteiger partial charge in [0.2, 0.25) is 0 Å². The van der Waals surface area contributed by atoms with Crippen molar-refractivity contribution in [1.29, 1.82) is 0 Å². The van der Waals surface area contributed by atoms with E-state index in [1.165, 1.54) is 0 Å². The molecule has 7 heteroatoms. The number of carbonyl (C=O) groups excluding carboxylic acids is 2. The van der Waals surface area contributed by atoms with Crippen LogP contribution < -0.4 is 16.1 Å². The van der Waals surface area contributed by atoms with Crippen LogP contribution in [0.4, 0.5) is 10.5 Å². The molecule has 3 N–H and O–H groups in total. The number of rotatable bonds is 6. The quantitative estimate of drug-likeness (QED) is 0.336. The zero-order valence-electron chi connectivity index (χ0n) is 16.8. The summed E-state index contributed by atoms with van der Waals surface area (Å²) in [6, 6.07) is 11.9. The molecular weight excluding hydrogens is 370 g/mol. The minimum absolute atomic E-state index is 0.0900. The van der Waals surface area contributed by atoms with Gasteiger partial charge < -0.3 is 20.4 Å². The minimum atomic E-state index is -0.542. The second-order valence-electron chi connectivity index (χ2n) is 7.48. The Morgan fingerprint density at radius 1 is 1.07 bits per heavy atom. The molecule has 0 fully saturated rings. The highest BCUT2D eigenvalue weighted by Crippen LogP contribution is 2.22. The van der Waals surface area contributed by atoms with Crippen LogP contribution in [0.25, 0.3) is 21.8 Å². The molecule has 0 bridgehead atoms. The van der Waals surface area contributed by atoms with Crippen LogP contribution in [0.5, 0.6) is 0 Å². The number of para-hydroxylation sites is 2. The van der Waals surface area contributed by atoms with Gasteiger partial charge in [-0.15, -0.1) is 0 Å². The Balaban J connectivity index is 1.68. The number of urea groups is 1. The molecule has 1 heterocycles. The number of pyridine rings is 1. The summed E-state index contributed by atoms with van der Waals surface area (Å²) in [4.78, 5) is 40.1. The van der Waals surface area contributed by atoms with E-state index in [2.05, 4.69) is 15.6 Å². The number of hydrogen-bond donors (Lipinski definition) is 3. The summed E-state index contributed by atoms with van der Waals surface area (Å²) >= 11 is 0. The van der Waals surface area contributed by atoms with E-state index in [-0.39, 0.29) is 24.5 Å². The monoisotopic (exact) mass is 395 g/mol. The minimum Gasteiger partial charge on any atom is -0.463 e. The van der Waals surface area contributed by atoms with Crippen molar-refractivity contribution >= 4 is 39.5 Å². The number of amides is 2. The van der Waals surface area contributed by atoms with Crippen molar-refractivity contribution in [3.8, 4) is 0 Å². The zero-order chi connectivity index (χ0) is 21.0. The van der Waals surface area contributed by atoms with Crippen LogP contribution in [0.1, 0.15) is 27.2 Å². The number of anilines is 1. The van der Waals surface area contributed by atoms with Crippen LogP contribution in [-0.2, 0) is 9.53 Å². The van der Waals surface area contributed by atoms with Crippen molar-refractivity contribution in [2.45, 2.75) is 27.2 Å². The van der Waals surface area contributed by atoms with E-state index < -0.39 is 11.4 Å². The Morgan fingerprint density at radius 2 is 1.79 bits per heavy atom. The van der Waals surface area contributed by atoms with Crippen LogP contribution in [-0.4, -0.2) is 30.1 Å². The van der Waals surface area contributed by atoms with Crippen LogP contribution in [0.15, 0.2) is 47.3 Å². The second kappa shape index (κ2) is 8.34. The summed E-state index contributed by atoms with van der Waals surface area (Å²) in [5, 5.41) is 6.49. The van der Waals surface area contributed by atoms with Crippen LogP contribution in [0, 0.1) is 5.41 Å². The van der Waals surface area contributed by atoms with Gasteiger partial charge in [-0.25, -0.2) is 4.79 Å². The fraction of sp³-hybridized carbons (Fsp3) is 0.318. The van der Waals surface area contributed by atoms with Gasteiger partial charge in [0.1, 0.15) is 6.61 Å². The molecule has 1 aromatic heterocycles. The molecule has 29 heavy (non-hydrogen) atoms. The third-order valence-electron chi connectivity index (χ3n) is 5.05. The van der Waals surface area contributed by atoms with Crippen molar-refractivity contribution < 1.29 is 14.3 Å². The molecule has 3 rings (SSSR count). The fourth-order valence-electron chi connectivity index (χ4n) is 2.86. The molecule has 152 valence electrons. The first kappa shape index (κ1) is 20.4. The summed E-state index contributed by atoms with van der Waals surface area (Å²) < 4.78 is 5.20. The molecule has 0 saturated carbocycles. The van der Waals surface area contributed by atoms with E-state index in [0.717, 1.165) is 0 Å². The lowest BCUT2D eigenvalue weighted by molar-refractivity contribution is -0.153. The number of benzene rings is 2. The van der Waals surface area contributed by atoms with Crippen LogP contribution >= 0.6 is 0 Å². The lowest BCUT2D eigenvalue weighted by atomic mass is 9.91. The molecule has 0 atom stereocenters. The number of aromatic nitrogens is 1. The molecule has 7 nitrogen and oxygen atoms in total. The predicted molar refractivity (Wildman–Crippen MR) is 114 cm³/mol. The van der Waals surface area contributed by atoms with Gasteiger partial charge in [-0.2, -0.15) is 0 Å². The molecule has 0 unspecified atom stereocenters. The Bertz CT molecular complexity index is 1120. The second-order valence-corrected chi connectivity index (χ2v) is 7.48. The van der Waals surface area contributed by atoms with Crippen molar-refractivity contribution in [2.75, 3.05) is 18.5 Å². The lowest BCUT2D eigenvalue weighted by Gasteiger charge is -2.20. The molecule has 0 spiro atoms. The molecule has 3 aromatic rings. The first-order chi connectivity index (χ1) is 13.8. The number of esters is 1. The van der Waals surface area contributed by atoms with Gasteiger partial charge in [-0.1, -0.05) is 25.1 Å². The molecular formula is C22H25N3O4. The van der Waals surface area contributed by atoms with E-state index >= 15 is 0 Å². The highest BCUT2D eigenvalue weighted by Gasteiger charge is 2.26. The van der Waals surface area contributed by atoms with Gasteiger partial charge in [-0.05, 0) is 44.5 Å². The molecule has 0 aliphatic rings. The molecule has 0 saturated heterocycles. The molecule has 0 aliphatic heterocycles. The lowest BCUT2D eigenvalue weighted by Crippen LogP contribution is -2.34. The molecule has 0 aliphatic carbocycles. The van der Waals surface area contributed by atoms with Crippen LogP contribution in [0.3, 0.4) is 0 Å². The van der Waals surface area contributed by atoms with Gasteiger partial charge in [0, 0.05) is 16.3 Å². The first-order valence-electron chi connectivity index (χ1n) is 9.59. The van der Waals surface area contributed by atoms with E-state index in [4.69, 9.17) is 4.74 Å². The summed E-state index contributed by atoms with van der Waals surface area (Å²) in [6.07, 6.45) is 0.674. The fourth-order valence-corrected chi connectivity index (χ4v) is 2.86. The van der Waals surface area contributed by atoms with E-state index in [9.17, 15) is 14.4 Å². The first-order valence-corrected chi connectivity index (χ1v) is 9.59. The van der Waals surface area contributed by atoms with Crippen LogP contribution in [0.2, 0.25) is 0 Å². The van der Waals surface area contributed by atoms with E-state index in [1.54, 1.807) is 24.3 Å². The highest BCUT2D eigenvalue weighted by molar-refractivity contribution is 6.03. The summed E-state index contributed by atoms with van der Waals surface area (Å²) in [5.41, 5.74) is 1.11. The average Bonchev–Trinajstić information content (AvgIpc) is 2.72. The number of carbonyl (C=O) groups is 2. The number of nitrogens with one attached hydrogen (secondary N) is 3. The normalized spacial score (nSPS) is 11.4. The maximum absolute atomic E-state index is 12.7. The Kier molecular flexibility index (Phi) is 5.87. The Morgan fingerprint density at radius 3 is 2.55 bits per heavy atom. The van der Waals surface area contributed by atoms with Crippen molar-refractivity contribution in [3.63, 3.8) is 0 Å². The SMILES string of the molecule is CCC(C)(C)C(=O)OCCNC(=O)Nc1cccc2c(=O)c3ccccc3[nH]c12. The van der Waals surface area contributed by atoms with Crippen molar-refractivity contribution in [1.82, 2.24) is 10.3 Å². The third kappa shape index (κ3) is 4.39. The highest BCUT2D eigenvalue weighted by atomic mass is 16.5. The largest absolute Gasteiger partial charge is 0.463 e. The van der Waals surface area contributed by atoms with E-state index in [0.29, 0.717) is 33.9 Å². The number of aromatic amines is 1. The Hall–Kier alpha value is -3.35. The number of H-pyrrole nitrogens is 1. The number of ether oxygens (including phenoxy) is 1. The van der Waals surface area contributed by atoms with Crippen molar-refractivity contribution in [2.24, 2.45) is 5.41 Å². The van der Waals surface area contributed by atoms with Gasteiger partial charge in [0.15, 0.2) is 5.43 Å². The summed E-state index contributed by atoms with van der Waals surface area (Å²) in [6.45, 7) is 5.83. The maximum Gasteiger partial charge on any atom is 0.319 e. The van der Waals surface area contributed by atoms with E-state index in [1.807, 2.05) is 39.0 Å². The standard InChI is InChI=1S/C22H25N3O4/c1-4-22(2,3)20(27)29-13-12-23-21(28)25-17-11-7-9-15-18(17)24-16-10-6-5-8-14(16)19(15)26/h5-11H,4,12-13H2,1-3H3,(H,24,26)(H2,23,25,28). The topological polar surface area (TPSA) is 100 Å². The smallest absolute Gasteiger partial charge is 0.319 e. The van der Waals surface area contributed by atoms with Gasteiger partial charge in [0.05, 0.1) is 23.2 Å². The molecule has 0 radical (unpaired) electrons.